The third-order valence-electron chi connectivity index (χ3n) is 11.2. The molecule has 52 heavy (non-hydrogen) atoms. The molecule has 5 heteroatoms. The number of ketones is 1. The molecule has 0 saturated carbocycles. The van der Waals surface area contributed by atoms with Crippen LogP contribution in [0.1, 0.15) is 252 Å². The summed E-state index contributed by atoms with van der Waals surface area (Å²) >= 11 is 0. The van der Waals surface area contributed by atoms with Gasteiger partial charge in [0.15, 0.2) is 0 Å². The highest BCUT2D eigenvalue weighted by Gasteiger charge is 2.14. The van der Waals surface area contributed by atoms with Crippen molar-refractivity contribution < 1.29 is 19.4 Å². The molecule has 0 bridgehead atoms. The summed E-state index contributed by atoms with van der Waals surface area (Å²) < 4.78 is 5.41. The Morgan fingerprint density at radius 1 is 0.462 bits per heavy atom. The van der Waals surface area contributed by atoms with Gasteiger partial charge in [-0.05, 0) is 51.1 Å². The van der Waals surface area contributed by atoms with E-state index in [-0.39, 0.29) is 12.6 Å². The Bertz CT molecular complexity index is 712. The van der Waals surface area contributed by atoms with Crippen molar-refractivity contribution in [3.05, 3.63) is 0 Å². The topological polar surface area (TPSA) is 66.8 Å². The van der Waals surface area contributed by atoms with E-state index in [0.717, 1.165) is 58.2 Å². The molecule has 0 saturated heterocycles. The standard InChI is InChI=1S/C47H93NO4/c1-4-7-10-13-19-27-34-43-52-47(51)38-31-24-20-26-33-40-48(41-42-49)39-32-25-18-16-17-23-30-37-46(50)44-45(35-28-21-14-11-8-5-2)36-29-22-15-12-9-6-3/h45,49H,4-44H2,1-3H3. The summed E-state index contributed by atoms with van der Waals surface area (Å²) in [6, 6.07) is 0. The third-order valence-corrected chi connectivity index (χ3v) is 11.2. The largest absolute Gasteiger partial charge is 0.466 e. The van der Waals surface area contributed by atoms with Gasteiger partial charge in [0.1, 0.15) is 5.78 Å². The summed E-state index contributed by atoms with van der Waals surface area (Å²) in [5, 5.41) is 9.55. The van der Waals surface area contributed by atoms with Crippen molar-refractivity contribution >= 4 is 11.8 Å². The molecule has 0 aliphatic heterocycles. The molecule has 0 heterocycles. The zero-order valence-electron chi connectivity index (χ0n) is 35.7. The van der Waals surface area contributed by atoms with E-state index in [9.17, 15) is 14.7 Å². The molecule has 310 valence electrons. The van der Waals surface area contributed by atoms with E-state index in [0.29, 0.717) is 24.7 Å². The Morgan fingerprint density at radius 3 is 1.31 bits per heavy atom. The highest BCUT2D eigenvalue weighted by molar-refractivity contribution is 5.78. The Hall–Kier alpha value is -0.940. The number of ether oxygens (including phenoxy) is 1. The zero-order chi connectivity index (χ0) is 38.0. The Kier molecular flexibility index (Phi) is 42.0. The molecule has 0 rings (SSSR count). The van der Waals surface area contributed by atoms with Crippen molar-refractivity contribution in [2.24, 2.45) is 5.92 Å². The molecule has 0 spiro atoms. The Morgan fingerprint density at radius 2 is 0.846 bits per heavy atom. The van der Waals surface area contributed by atoms with Crippen molar-refractivity contribution in [1.29, 1.82) is 0 Å². The number of esters is 1. The highest BCUT2D eigenvalue weighted by atomic mass is 16.5. The summed E-state index contributed by atoms with van der Waals surface area (Å²) in [6.45, 7) is 10.6. The lowest BCUT2D eigenvalue weighted by Gasteiger charge is -2.21. The normalized spacial score (nSPS) is 11.7. The smallest absolute Gasteiger partial charge is 0.305 e. The molecule has 0 aliphatic carbocycles. The number of nitrogens with zero attached hydrogens (tertiary/aromatic N) is 1. The van der Waals surface area contributed by atoms with E-state index < -0.39 is 0 Å². The van der Waals surface area contributed by atoms with E-state index in [2.05, 4.69) is 25.7 Å². The minimum atomic E-state index is -0.0217. The third kappa shape index (κ3) is 38.8. The second-order valence-electron chi connectivity index (χ2n) is 16.4. The predicted octanol–water partition coefficient (Wildman–Crippen LogP) is 14.1. The average molecular weight is 736 g/mol. The van der Waals surface area contributed by atoms with Crippen molar-refractivity contribution in [1.82, 2.24) is 4.90 Å². The molecule has 0 aromatic rings. The monoisotopic (exact) mass is 736 g/mol. The van der Waals surface area contributed by atoms with Gasteiger partial charge in [-0.2, -0.15) is 0 Å². The maximum Gasteiger partial charge on any atom is 0.305 e. The van der Waals surface area contributed by atoms with Gasteiger partial charge < -0.3 is 14.7 Å². The van der Waals surface area contributed by atoms with Crippen LogP contribution in [0.4, 0.5) is 0 Å². The zero-order valence-corrected chi connectivity index (χ0v) is 35.7. The number of carbonyl (C=O) groups is 2. The van der Waals surface area contributed by atoms with Crippen LogP contribution >= 0.6 is 0 Å². The minimum absolute atomic E-state index is 0.0217. The molecule has 0 unspecified atom stereocenters. The summed E-state index contributed by atoms with van der Waals surface area (Å²) in [5.74, 6) is 1.13. The SMILES string of the molecule is CCCCCCCCCOC(=O)CCCCCCCN(CCO)CCCCCCCCCC(=O)CC(CCCCCCCC)CCCCCCCC. The first-order valence-corrected chi connectivity index (χ1v) is 23.6. The maximum absolute atomic E-state index is 12.9. The number of carbonyl (C=O) groups excluding carboxylic acids is 2. The number of Topliss-reactive ketones (excluding diaryl/α,β-unsaturated/α-hetero) is 1. The molecule has 0 amide bonds. The van der Waals surface area contributed by atoms with E-state index in [1.807, 2.05) is 0 Å². The molecule has 0 atom stereocenters. The van der Waals surface area contributed by atoms with Crippen LogP contribution in [0.25, 0.3) is 0 Å². The number of rotatable bonds is 44. The van der Waals surface area contributed by atoms with Crippen molar-refractivity contribution in [3.63, 3.8) is 0 Å². The summed E-state index contributed by atoms with van der Waals surface area (Å²) in [5.41, 5.74) is 0. The number of aliphatic hydroxyl groups is 1. The highest BCUT2D eigenvalue weighted by Crippen LogP contribution is 2.24. The van der Waals surface area contributed by atoms with Gasteiger partial charge in [-0.15, -0.1) is 0 Å². The molecular weight excluding hydrogens is 643 g/mol. The van der Waals surface area contributed by atoms with Gasteiger partial charge in [-0.25, -0.2) is 0 Å². The van der Waals surface area contributed by atoms with Crippen LogP contribution in [-0.2, 0) is 14.3 Å². The second-order valence-corrected chi connectivity index (χ2v) is 16.4. The van der Waals surface area contributed by atoms with Crippen LogP contribution in [0.2, 0.25) is 0 Å². The molecule has 0 aliphatic rings. The van der Waals surface area contributed by atoms with E-state index >= 15 is 0 Å². The lowest BCUT2D eigenvalue weighted by Crippen LogP contribution is -2.29. The first-order chi connectivity index (χ1) is 25.6. The van der Waals surface area contributed by atoms with E-state index in [1.54, 1.807) is 0 Å². The lowest BCUT2D eigenvalue weighted by atomic mass is 9.89. The van der Waals surface area contributed by atoms with Crippen molar-refractivity contribution in [2.45, 2.75) is 252 Å². The molecule has 0 radical (unpaired) electrons. The Labute approximate surface area is 326 Å². The molecule has 1 N–H and O–H groups in total. The summed E-state index contributed by atoms with van der Waals surface area (Å²) in [4.78, 5) is 27.3. The summed E-state index contributed by atoms with van der Waals surface area (Å²) in [7, 11) is 0. The Balaban J connectivity index is 3.88. The van der Waals surface area contributed by atoms with Crippen LogP contribution < -0.4 is 0 Å². The fourth-order valence-electron chi connectivity index (χ4n) is 7.67. The van der Waals surface area contributed by atoms with Crippen LogP contribution in [0, 0.1) is 5.92 Å². The number of hydrogen-bond donors (Lipinski definition) is 1. The van der Waals surface area contributed by atoms with Crippen molar-refractivity contribution in [2.75, 3.05) is 32.8 Å². The first-order valence-electron chi connectivity index (χ1n) is 23.6. The van der Waals surface area contributed by atoms with Crippen molar-refractivity contribution in [3.8, 4) is 0 Å². The van der Waals surface area contributed by atoms with Crippen LogP contribution in [0.3, 0.4) is 0 Å². The fourth-order valence-corrected chi connectivity index (χ4v) is 7.67. The summed E-state index contributed by atoms with van der Waals surface area (Å²) in [6.07, 6.45) is 43.7. The average Bonchev–Trinajstić information content (AvgIpc) is 3.14. The number of aliphatic hydroxyl groups excluding tert-OH is 1. The molecule has 0 aromatic carbocycles. The van der Waals surface area contributed by atoms with Gasteiger partial charge in [0.25, 0.3) is 0 Å². The molecule has 5 nitrogen and oxygen atoms in total. The van der Waals surface area contributed by atoms with E-state index in [1.165, 1.54) is 186 Å². The minimum Gasteiger partial charge on any atom is -0.466 e. The molecular formula is C47H93NO4. The fraction of sp³-hybridized carbons (Fsp3) is 0.957. The maximum atomic E-state index is 12.9. The van der Waals surface area contributed by atoms with Gasteiger partial charge in [0.2, 0.25) is 0 Å². The van der Waals surface area contributed by atoms with Crippen LogP contribution in [-0.4, -0.2) is 54.6 Å². The lowest BCUT2D eigenvalue weighted by molar-refractivity contribution is -0.143. The quantitative estimate of drug-likeness (QED) is 0.0498. The van der Waals surface area contributed by atoms with Crippen LogP contribution in [0.5, 0.6) is 0 Å². The number of hydrogen-bond acceptors (Lipinski definition) is 5. The molecule has 0 fully saturated rings. The predicted molar refractivity (Wildman–Crippen MR) is 226 cm³/mol. The van der Waals surface area contributed by atoms with Crippen LogP contribution in [0.15, 0.2) is 0 Å². The number of unbranched alkanes of at least 4 members (excludes halogenated alkanes) is 26. The van der Waals surface area contributed by atoms with Gasteiger partial charge in [-0.3, -0.25) is 9.59 Å². The van der Waals surface area contributed by atoms with E-state index in [4.69, 9.17) is 4.74 Å². The second kappa shape index (κ2) is 42.8. The van der Waals surface area contributed by atoms with Gasteiger partial charge >= 0.3 is 5.97 Å². The molecule has 0 aromatic heterocycles. The van der Waals surface area contributed by atoms with Gasteiger partial charge in [0, 0.05) is 25.8 Å². The van der Waals surface area contributed by atoms with Gasteiger partial charge in [-0.1, -0.05) is 201 Å². The van der Waals surface area contributed by atoms with Gasteiger partial charge in [0.05, 0.1) is 13.2 Å². The first kappa shape index (κ1) is 51.1.